The van der Waals surface area contributed by atoms with Crippen LogP contribution in [0.1, 0.15) is 6.42 Å². The summed E-state index contributed by atoms with van der Waals surface area (Å²) in [7, 11) is 4.60. The SMILES string of the molecule is COCCN(C(=O)C1CC1C(=O)O)c1ccc(OC)c(OC)c1. The van der Waals surface area contributed by atoms with Crippen molar-refractivity contribution in [2.45, 2.75) is 6.42 Å². The molecule has 126 valence electrons. The van der Waals surface area contributed by atoms with Crippen molar-refractivity contribution in [1.82, 2.24) is 0 Å². The number of carbonyl (C=O) groups is 2. The molecule has 23 heavy (non-hydrogen) atoms. The van der Waals surface area contributed by atoms with Crippen molar-refractivity contribution in [1.29, 1.82) is 0 Å². The molecule has 1 aromatic carbocycles. The molecule has 0 heterocycles. The van der Waals surface area contributed by atoms with Gasteiger partial charge in [-0.3, -0.25) is 9.59 Å². The van der Waals surface area contributed by atoms with Gasteiger partial charge in [0, 0.05) is 25.4 Å². The van der Waals surface area contributed by atoms with Crippen LogP contribution >= 0.6 is 0 Å². The topological polar surface area (TPSA) is 85.3 Å². The van der Waals surface area contributed by atoms with Gasteiger partial charge in [-0.05, 0) is 18.6 Å². The molecule has 7 nitrogen and oxygen atoms in total. The minimum atomic E-state index is -0.928. The monoisotopic (exact) mass is 323 g/mol. The summed E-state index contributed by atoms with van der Waals surface area (Å²) in [6, 6.07) is 5.15. The molecule has 1 saturated carbocycles. The Morgan fingerprint density at radius 2 is 1.87 bits per heavy atom. The van der Waals surface area contributed by atoms with Crippen molar-refractivity contribution in [2.75, 3.05) is 39.4 Å². The molecule has 0 saturated heterocycles. The van der Waals surface area contributed by atoms with Crippen LogP contribution in [0.15, 0.2) is 18.2 Å². The zero-order valence-corrected chi connectivity index (χ0v) is 13.4. The highest BCUT2D eigenvalue weighted by molar-refractivity contribution is 6.00. The van der Waals surface area contributed by atoms with E-state index in [2.05, 4.69) is 0 Å². The molecule has 0 radical (unpaired) electrons. The van der Waals surface area contributed by atoms with Crippen LogP contribution in [0.3, 0.4) is 0 Å². The molecule has 1 fully saturated rings. The Bertz CT molecular complexity index is 588. The lowest BCUT2D eigenvalue weighted by Crippen LogP contribution is -2.35. The Labute approximate surface area is 134 Å². The summed E-state index contributed by atoms with van der Waals surface area (Å²) in [4.78, 5) is 25.2. The quantitative estimate of drug-likeness (QED) is 0.778. The summed E-state index contributed by atoms with van der Waals surface area (Å²) in [6.07, 6.45) is 0.380. The minimum Gasteiger partial charge on any atom is -0.493 e. The molecule has 1 aliphatic carbocycles. The standard InChI is InChI=1S/C16H21NO6/c1-21-7-6-17(15(18)11-9-12(11)16(19)20)10-4-5-13(22-2)14(8-10)23-3/h4-5,8,11-12H,6-7,9H2,1-3H3,(H,19,20). The third-order valence-corrected chi connectivity index (χ3v) is 3.89. The van der Waals surface area contributed by atoms with Crippen LogP contribution in [0.25, 0.3) is 0 Å². The van der Waals surface area contributed by atoms with Gasteiger partial charge in [-0.1, -0.05) is 0 Å². The van der Waals surface area contributed by atoms with E-state index in [1.54, 1.807) is 30.2 Å². The fraction of sp³-hybridized carbons (Fsp3) is 0.500. The summed E-state index contributed by atoms with van der Waals surface area (Å²) in [5.74, 6) is -1.13. The molecule has 2 atom stereocenters. The van der Waals surface area contributed by atoms with Gasteiger partial charge < -0.3 is 24.2 Å². The number of amides is 1. The normalized spacial score (nSPS) is 19.1. The summed E-state index contributed by atoms with van der Waals surface area (Å²) < 4.78 is 15.5. The van der Waals surface area contributed by atoms with E-state index in [0.717, 1.165) is 0 Å². The van der Waals surface area contributed by atoms with Crippen molar-refractivity contribution in [3.05, 3.63) is 18.2 Å². The number of hydrogen-bond donors (Lipinski definition) is 1. The van der Waals surface area contributed by atoms with Gasteiger partial charge in [0.1, 0.15) is 0 Å². The van der Waals surface area contributed by atoms with E-state index in [1.165, 1.54) is 14.2 Å². The third kappa shape index (κ3) is 3.73. The summed E-state index contributed by atoms with van der Waals surface area (Å²) in [6.45, 7) is 0.693. The zero-order chi connectivity index (χ0) is 17.0. The number of rotatable bonds is 8. The number of carboxylic acids is 1. The van der Waals surface area contributed by atoms with E-state index in [0.29, 0.717) is 36.8 Å². The molecule has 2 rings (SSSR count). The van der Waals surface area contributed by atoms with Crippen molar-refractivity contribution in [2.24, 2.45) is 11.8 Å². The molecule has 1 aliphatic rings. The number of ether oxygens (including phenoxy) is 3. The van der Waals surface area contributed by atoms with E-state index in [9.17, 15) is 9.59 Å². The van der Waals surface area contributed by atoms with E-state index in [1.807, 2.05) is 0 Å². The molecule has 1 amide bonds. The number of anilines is 1. The molecule has 0 spiro atoms. The molecule has 2 unspecified atom stereocenters. The highest BCUT2D eigenvalue weighted by atomic mass is 16.5. The second-order valence-corrected chi connectivity index (χ2v) is 5.31. The zero-order valence-electron chi connectivity index (χ0n) is 13.4. The molecule has 1 aromatic rings. The van der Waals surface area contributed by atoms with Gasteiger partial charge in [-0.25, -0.2) is 0 Å². The van der Waals surface area contributed by atoms with Crippen LogP contribution in [0.4, 0.5) is 5.69 Å². The Balaban J connectivity index is 2.24. The largest absolute Gasteiger partial charge is 0.493 e. The molecule has 0 bridgehead atoms. The van der Waals surface area contributed by atoms with Gasteiger partial charge in [0.25, 0.3) is 0 Å². The van der Waals surface area contributed by atoms with Gasteiger partial charge in [0.2, 0.25) is 5.91 Å². The van der Waals surface area contributed by atoms with Crippen LogP contribution in [-0.2, 0) is 14.3 Å². The Kier molecular flexibility index (Phi) is 5.44. The van der Waals surface area contributed by atoms with Crippen molar-refractivity contribution >= 4 is 17.6 Å². The first-order valence-corrected chi connectivity index (χ1v) is 7.28. The van der Waals surface area contributed by atoms with Gasteiger partial charge in [0.05, 0.1) is 32.7 Å². The first-order valence-electron chi connectivity index (χ1n) is 7.28. The first kappa shape index (κ1) is 17.1. The number of nitrogens with zero attached hydrogens (tertiary/aromatic N) is 1. The van der Waals surface area contributed by atoms with Crippen LogP contribution in [-0.4, -0.2) is 51.5 Å². The number of benzene rings is 1. The number of carbonyl (C=O) groups excluding carboxylic acids is 1. The first-order chi connectivity index (χ1) is 11.0. The van der Waals surface area contributed by atoms with Gasteiger partial charge in [-0.2, -0.15) is 0 Å². The van der Waals surface area contributed by atoms with Crippen molar-refractivity contribution < 1.29 is 28.9 Å². The second kappa shape index (κ2) is 7.32. The summed E-state index contributed by atoms with van der Waals surface area (Å²) >= 11 is 0. The average molecular weight is 323 g/mol. The minimum absolute atomic E-state index is 0.207. The summed E-state index contributed by atoms with van der Waals surface area (Å²) in [5.41, 5.74) is 0.626. The number of methoxy groups -OCH3 is 3. The fourth-order valence-corrected chi connectivity index (χ4v) is 2.48. The molecular weight excluding hydrogens is 302 g/mol. The number of carboxylic acid groups (broad SMARTS) is 1. The van der Waals surface area contributed by atoms with Crippen LogP contribution < -0.4 is 14.4 Å². The molecular formula is C16H21NO6. The van der Waals surface area contributed by atoms with Gasteiger partial charge in [-0.15, -0.1) is 0 Å². The van der Waals surface area contributed by atoms with Crippen LogP contribution in [0.5, 0.6) is 11.5 Å². The second-order valence-electron chi connectivity index (χ2n) is 5.31. The Hall–Kier alpha value is -2.28. The lowest BCUT2D eigenvalue weighted by molar-refractivity contribution is -0.140. The smallest absolute Gasteiger partial charge is 0.307 e. The molecule has 0 aromatic heterocycles. The van der Waals surface area contributed by atoms with Crippen molar-refractivity contribution in [3.8, 4) is 11.5 Å². The molecule has 1 N–H and O–H groups in total. The maximum atomic E-state index is 12.6. The Morgan fingerprint density at radius 1 is 1.17 bits per heavy atom. The average Bonchev–Trinajstić information content (AvgIpc) is 3.35. The molecule has 0 aliphatic heterocycles. The Morgan fingerprint density at radius 3 is 2.39 bits per heavy atom. The summed E-state index contributed by atoms with van der Waals surface area (Å²) in [5, 5.41) is 9.02. The number of hydrogen-bond acceptors (Lipinski definition) is 5. The maximum absolute atomic E-state index is 12.6. The van der Waals surface area contributed by atoms with Crippen LogP contribution in [0.2, 0.25) is 0 Å². The van der Waals surface area contributed by atoms with Crippen molar-refractivity contribution in [3.63, 3.8) is 0 Å². The number of aliphatic carboxylic acids is 1. The lowest BCUT2D eigenvalue weighted by Gasteiger charge is -2.23. The highest BCUT2D eigenvalue weighted by Gasteiger charge is 2.50. The molecule has 7 heteroatoms. The van der Waals surface area contributed by atoms with E-state index >= 15 is 0 Å². The van der Waals surface area contributed by atoms with Gasteiger partial charge >= 0.3 is 5.97 Å². The lowest BCUT2D eigenvalue weighted by atomic mass is 10.2. The van der Waals surface area contributed by atoms with Gasteiger partial charge in [0.15, 0.2) is 11.5 Å². The van der Waals surface area contributed by atoms with E-state index < -0.39 is 17.8 Å². The predicted molar refractivity (Wildman–Crippen MR) is 83.0 cm³/mol. The van der Waals surface area contributed by atoms with E-state index in [-0.39, 0.29) is 5.91 Å². The highest BCUT2D eigenvalue weighted by Crippen LogP contribution is 2.41. The van der Waals surface area contributed by atoms with E-state index in [4.69, 9.17) is 19.3 Å². The predicted octanol–water partition coefficient (Wildman–Crippen LogP) is 1.40. The maximum Gasteiger partial charge on any atom is 0.307 e. The third-order valence-electron chi connectivity index (χ3n) is 3.89. The fourth-order valence-electron chi connectivity index (χ4n) is 2.48. The van der Waals surface area contributed by atoms with Crippen LogP contribution in [0, 0.1) is 11.8 Å².